The summed E-state index contributed by atoms with van der Waals surface area (Å²) in [6, 6.07) is 6.92. The van der Waals surface area contributed by atoms with E-state index in [9.17, 15) is 10.1 Å². The Bertz CT molecular complexity index is 539. The third-order valence-corrected chi connectivity index (χ3v) is 3.31. The number of nitriles is 1. The molecule has 1 aromatic rings. The van der Waals surface area contributed by atoms with Gasteiger partial charge in [-0.15, -0.1) is 0 Å². The molecule has 1 aliphatic rings. The summed E-state index contributed by atoms with van der Waals surface area (Å²) in [5.74, 6) is 0.526. The number of carbonyl (C=O) groups excluding carboxylic acids is 1. The maximum Gasteiger partial charge on any atom is 0.244 e. The van der Waals surface area contributed by atoms with Gasteiger partial charge in [0, 0.05) is 19.7 Å². The lowest BCUT2D eigenvalue weighted by Crippen LogP contribution is -2.53. The Morgan fingerprint density at radius 3 is 3.05 bits per heavy atom. The van der Waals surface area contributed by atoms with Crippen molar-refractivity contribution in [2.75, 3.05) is 38.8 Å². The van der Waals surface area contributed by atoms with Crippen LogP contribution in [0.5, 0.6) is 5.75 Å². The van der Waals surface area contributed by atoms with Gasteiger partial charge in [-0.25, -0.2) is 0 Å². The van der Waals surface area contributed by atoms with Crippen LogP contribution in [0.1, 0.15) is 5.56 Å². The molecule has 0 aliphatic carbocycles. The van der Waals surface area contributed by atoms with Gasteiger partial charge >= 0.3 is 0 Å². The summed E-state index contributed by atoms with van der Waals surface area (Å²) in [6.07, 6.45) is 0. The van der Waals surface area contributed by atoms with Gasteiger partial charge < -0.3 is 19.7 Å². The molecule has 0 bridgehead atoms. The minimum absolute atomic E-state index is 0.128. The normalized spacial score (nSPS) is 18.2. The van der Waals surface area contributed by atoms with E-state index in [0.717, 1.165) is 0 Å². The molecule has 0 radical (unpaired) electrons. The number of likely N-dealkylation sites (N-methyl/N-ethyl adjacent to an activating group) is 1. The van der Waals surface area contributed by atoms with Crippen LogP contribution < -0.4 is 15.0 Å². The van der Waals surface area contributed by atoms with Crippen molar-refractivity contribution >= 4 is 11.6 Å². The molecular weight excluding hydrogens is 258 g/mol. The van der Waals surface area contributed by atoms with Crippen LogP contribution in [-0.4, -0.2) is 45.9 Å². The Hall–Kier alpha value is -2.26. The minimum atomic E-state index is -0.437. The van der Waals surface area contributed by atoms with E-state index >= 15 is 0 Å². The molecule has 0 saturated carbocycles. The van der Waals surface area contributed by atoms with Crippen molar-refractivity contribution in [3.05, 3.63) is 23.8 Å². The van der Waals surface area contributed by atoms with E-state index in [1.54, 1.807) is 32.4 Å². The number of hydrogen-bond acceptors (Lipinski definition) is 5. The quantitative estimate of drug-likeness (QED) is 0.870. The van der Waals surface area contributed by atoms with Crippen LogP contribution in [0, 0.1) is 11.3 Å². The van der Waals surface area contributed by atoms with E-state index in [1.807, 2.05) is 4.90 Å². The van der Waals surface area contributed by atoms with E-state index < -0.39 is 6.04 Å². The molecule has 1 unspecified atom stereocenters. The topological polar surface area (TPSA) is 74.6 Å². The highest BCUT2D eigenvalue weighted by molar-refractivity contribution is 5.86. The maximum absolute atomic E-state index is 12.0. The zero-order chi connectivity index (χ0) is 14.5. The first kappa shape index (κ1) is 14.2. The number of anilines is 1. The molecule has 1 aromatic carbocycles. The first-order valence-electron chi connectivity index (χ1n) is 6.35. The van der Waals surface area contributed by atoms with Gasteiger partial charge in [-0.2, -0.15) is 5.26 Å². The predicted octanol–water partition coefficient (Wildman–Crippen LogP) is 0.518. The number of nitrogens with one attached hydrogen (secondary N) is 1. The van der Waals surface area contributed by atoms with E-state index in [4.69, 9.17) is 9.47 Å². The number of methoxy groups -OCH3 is 1. The molecule has 0 spiro atoms. The van der Waals surface area contributed by atoms with Gasteiger partial charge in [0.1, 0.15) is 17.9 Å². The fraction of sp³-hybridized carbons (Fsp3) is 0.429. The molecule has 6 nitrogen and oxygen atoms in total. The van der Waals surface area contributed by atoms with E-state index in [2.05, 4.69) is 11.4 Å². The van der Waals surface area contributed by atoms with Crippen LogP contribution in [0.3, 0.4) is 0 Å². The van der Waals surface area contributed by atoms with Crippen molar-refractivity contribution < 1.29 is 14.3 Å². The molecule has 1 heterocycles. The van der Waals surface area contributed by atoms with Crippen LogP contribution >= 0.6 is 0 Å². The molecule has 1 fully saturated rings. The van der Waals surface area contributed by atoms with Crippen LogP contribution in [0.25, 0.3) is 0 Å². The average Bonchev–Trinajstić information content (AvgIpc) is 2.53. The Kier molecular flexibility index (Phi) is 4.43. The minimum Gasteiger partial charge on any atom is -0.497 e. The first-order valence-corrected chi connectivity index (χ1v) is 6.35. The predicted molar refractivity (Wildman–Crippen MR) is 73.7 cm³/mol. The van der Waals surface area contributed by atoms with Crippen LogP contribution in [0.2, 0.25) is 0 Å². The molecule has 1 aliphatic heterocycles. The number of amides is 1. The summed E-state index contributed by atoms with van der Waals surface area (Å²) in [5, 5.41) is 11.9. The Labute approximate surface area is 117 Å². The van der Waals surface area contributed by atoms with Crippen LogP contribution in [0.4, 0.5) is 5.69 Å². The monoisotopic (exact) mass is 275 g/mol. The van der Waals surface area contributed by atoms with Gasteiger partial charge in [0.15, 0.2) is 0 Å². The van der Waals surface area contributed by atoms with Gasteiger partial charge in [0.25, 0.3) is 0 Å². The summed E-state index contributed by atoms with van der Waals surface area (Å²) < 4.78 is 10.6. The fourth-order valence-electron chi connectivity index (χ4n) is 2.25. The highest BCUT2D eigenvalue weighted by Gasteiger charge is 2.30. The molecule has 0 aromatic heterocycles. The first-order chi connectivity index (χ1) is 9.71. The zero-order valence-electron chi connectivity index (χ0n) is 11.5. The van der Waals surface area contributed by atoms with Gasteiger partial charge in [-0.05, 0) is 12.1 Å². The summed E-state index contributed by atoms with van der Waals surface area (Å²) in [4.78, 5) is 13.9. The molecule has 2 rings (SSSR count). The lowest BCUT2D eigenvalue weighted by molar-refractivity contribution is -0.124. The third-order valence-electron chi connectivity index (χ3n) is 3.31. The number of rotatable bonds is 3. The van der Waals surface area contributed by atoms with Gasteiger partial charge in [-0.3, -0.25) is 4.79 Å². The highest BCUT2D eigenvalue weighted by Crippen LogP contribution is 2.28. The standard InChI is InChI=1S/C14H17N3O3/c1-16-14(18)13-9-20-6-5-17(13)12-7-11(19-2)4-3-10(12)8-15/h3-4,7,13H,5-6,9H2,1-2H3,(H,16,18). The van der Waals surface area contributed by atoms with Crippen LogP contribution in [-0.2, 0) is 9.53 Å². The number of morpholine rings is 1. The summed E-state index contributed by atoms with van der Waals surface area (Å²) in [6.45, 7) is 1.39. The van der Waals surface area contributed by atoms with Crippen molar-refractivity contribution in [1.29, 1.82) is 5.26 Å². The van der Waals surface area contributed by atoms with Crippen molar-refractivity contribution in [2.24, 2.45) is 0 Å². The third kappa shape index (κ3) is 2.68. The molecule has 6 heteroatoms. The number of hydrogen-bond donors (Lipinski definition) is 1. The van der Waals surface area contributed by atoms with Gasteiger partial charge in [0.05, 0.1) is 31.6 Å². The van der Waals surface area contributed by atoms with Crippen molar-refractivity contribution in [2.45, 2.75) is 6.04 Å². The smallest absolute Gasteiger partial charge is 0.244 e. The highest BCUT2D eigenvalue weighted by atomic mass is 16.5. The Balaban J connectivity index is 2.41. The summed E-state index contributed by atoms with van der Waals surface area (Å²) in [7, 11) is 3.16. The Morgan fingerprint density at radius 1 is 1.60 bits per heavy atom. The molecule has 1 atom stereocenters. The van der Waals surface area contributed by atoms with Crippen molar-refractivity contribution in [3.63, 3.8) is 0 Å². The number of benzene rings is 1. The lowest BCUT2D eigenvalue weighted by atomic mass is 10.1. The SMILES string of the molecule is CNC(=O)C1COCCN1c1cc(OC)ccc1C#N. The largest absolute Gasteiger partial charge is 0.497 e. The maximum atomic E-state index is 12.0. The molecule has 1 N–H and O–H groups in total. The molecule has 20 heavy (non-hydrogen) atoms. The van der Waals surface area contributed by atoms with Gasteiger partial charge in [-0.1, -0.05) is 0 Å². The van der Waals surface area contributed by atoms with Crippen molar-refractivity contribution in [3.8, 4) is 11.8 Å². The summed E-state index contributed by atoms with van der Waals surface area (Å²) in [5.41, 5.74) is 1.21. The van der Waals surface area contributed by atoms with Gasteiger partial charge in [0.2, 0.25) is 5.91 Å². The number of nitrogens with zero attached hydrogens (tertiary/aromatic N) is 2. The second kappa shape index (κ2) is 6.26. The second-order valence-electron chi connectivity index (χ2n) is 4.39. The molecule has 106 valence electrons. The second-order valence-corrected chi connectivity index (χ2v) is 4.39. The number of ether oxygens (including phenoxy) is 2. The van der Waals surface area contributed by atoms with E-state index in [1.165, 1.54) is 0 Å². The number of carbonyl (C=O) groups is 1. The van der Waals surface area contributed by atoms with E-state index in [-0.39, 0.29) is 5.91 Å². The zero-order valence-corrected chi connectivity index (χ0v) is 11.5. The summed E-state index contributed by atoms with van der Waals surface area (Å²) >= 11 is 0. The lowest BCUT2D eigenvalue weighted by Gasteiger charge is -2.36. The molecule has 1 saturated heterocycles. The van der Waals surface area contributed by atoms with E-state index in [0.29, 0.717) is 36.8 Å². The van der Waals surface area contributed by atoms with Crippen molar-refractivity contribution in [1.82, 2.24) is 5.32 Å². The Morgan fingerprint density at radius 2 is 2.40 bits per heavy atom. The molecule has 1 amide bonds. The fourth-order valence-corrected chi connectivity index (χ4v) is 2.25. The van der Waals surface area contributed by atoms with Crippen LogP contribution in [0.15, 0.2) is 18.2 Å². The average molecular weight is 275 g/mol. The molecular formula is C14H17N3O3.